The highest BCUT2D eigenvalue weighted by atomic mass is 35.5. The molecule has 7 unspecified atom stereocenters. The number of hydrogen-bond acceptors (Lipinski definition) is 2. The third kappa shape index (κ3) is 5.42. The van der Waals surface area contributed by atoms with Crippen LogP contribution in [0.4, 0.5) is 0 Å². The maximum atomic E-state index is 12.2. The zero-order valence-corrected chi connectivity index (χ0v) is 23.1. The lowest BCUT2D eigenvalue weighted by atomic mass is 9.47. The number of halogens is 1. The molecule has 3 fully saturated rings. The number of ether oxygens (including phenoxy) is 1. The van der Waals surface area contributed by atoms with E-state index in [1.165, 1.54) is 83.5 Å². The molecule has 0 aromatic carbocycles. The molecule has 0 aromatic heterocycles. The maximum absolute atomic E-state index is 12.2. The van der Waals surface area contributed by atoms with Crippen molar-refractivity contribution in [1.82, 2.24) is 0 Å². The quantitative estimate of drug-likeness (QED) is 0.125. The van der Waals surface area contributed by atoms with E-state index in [0.29, 0.717) is 23.1 Å². The number of unbranched alkanes of at least 4 members (excludes halogenated alkanes) is 5. The van der Waals surface area contributed by atoms with Crippen LogP contribution in [-0.4, -0.2) is 18.0 Å². The van der Waals surface area contributed by atoms with Crippen molar-refractivity contribution in [3.8, 4) is 0 Å². The lowest BCUT2D eigenvalue weighted by Gasteiger charge is -2.58. The smallest absolute Gasteiger partial charge is 0.306 e. The van der Waals surface area contributed by atoms with E-state index in [1.54, 1.807) is 5.57 Å². The second kappa shape index (κ2) is 11.7. The Bertz CT molecular complexity index is 716. The summed E-state index contributed by atoms with van der Waals surface area (Å²) in [6.07, 6.45) is 24.2. The minimum absolute atomic E-state index is 0.0562. The summed E-state index contributed by atoms with van der Waals surface area (Å²) < 4.78 is 5.85. The first-order valence-electron chi connectivity index (χ1n) is 14.9. The van der Waals surface area contributed by atoms with Crippen molar-refractivity contribution in [1.29, 1.82) is 0 Å². The summed E-state index contributed by atoms with van der Waals surface area (Å²) in [7, 11) is 0. The van der Waals surface area contributed by atoms with Gasteiger partial charge in [-0.1, -0.05) is 70.9 Å². The van der Waals surface area contributed by atoms with Gasteiger partial charge in [0.1, 0.15) is 6.10 Å². The van der Waals surface area contributed by atoms with Crippen LogP contribution in [0.2, 0.25) is 0 Å². The van der Waals surface area contributed by atoms with Gasteiger partial charge in [0.05, 0.1) is 0 Å². The Morgan fingerprint density at radius 3 is 2.59 bits per heavy atom. The predicted octanol–water partition coefficient (Wildman–Crippen LogP) is 9.25. The van der Waals surface area contributed by atoms with Crippen LogP contribution in [0.25, 0.3) is 0 Å². The van der Waals surface area contributed by atoms with Crippen LogP contribution < -0.4 is 0 Å². The molecule has 4 rings (SSSR count). The van der Waals surface area contributed by atoms with Crippen molar-refractivity contribution < 1.29 is 9.53 Å². The number of allylic oxidation sites excluding steroid dienone is 1. The Balaban J connectivity index is 1.35. The normalized spacial score (nSPS) is 39.1. The fourth-order valence-electron chi connectivity index (χ4n) is 8.94. The van der Waals surface area contributed by atoms with Gasteiger partial charge >= 0.3 is 5.97 Å². The Morgan fingerprint density at radius 1 is 1.00 bits per heavy atom. The lowest BCUT2D eigenvalue weighted by Crippen LogP contribution is -2.50. The van der Waals surface area contributed by atoms with Crippen LogP contribution in [0, 0.1) is 34.5 Å². The molecular weight excluding hydrogens is 440 g/mol. The predicted molar refractivity (Wildman–Crippen MR) is 143 cm³/mol. The summed E-state index contributed by atoms with van der Waals surface area (Å²) >= 11 is 5.75. The maximum Gasteiger partial charge on any atom is 0.306 e. The van der Waals surface area contributed by atoms with E-state index in [9.17, 15) is 4.79 Å². The SMILES string of the molecule is CCCCCCCCC1CCC2C3CC=C4CC(OC(=O)CCCCl)CCC4(C)C3CCC12C. The second-order valence-corrected chi connectivity index (χ2v) is 13.2. The summed E-state index contributed by atoms with van der Waals surface area (Å²) in [4.78, 5) is 12.2. The number of carbonyl (C=O) groups excluding carboxylic acids is 1. The summed E-state index contributed by atoms with van der Waals surface area (Å²) in [6, 6.07) is 0. The summed E-state index contributed by atoms with van der Waals surface area (Å²) in [5, 5.41) is 0. The van der Waals surface area contributed by atoms with Gasteiger partial charge in [0, 0.05) is 18.7 Å². The summed E-state index contributed by atoms with van der Waals surface area (Å²) in [6.45, 7) is 7.55. The number of carbonyl (C=O) groups is 1. The molecule has 0 aromatic rings. The first-order chi connectivity index (χ1) is 16.4. The number of esters is 1. The fourth-order valence-corrected chi connectivity index (χ4v) is 9.07. The van der Waals surface area contributed by atoms with Gasteiger partial charge in [-0.25, -0.2) is 0 Å². The van der Waals surface area contributed by atoms with Gasteiger partial charge < -0.3 is 4.74 Å². The van der Waals surface area contributed by atoms with Crippen molar-refractivity contribution in [2.45, 2.75) is 136 Å². The minimum Gasteiger partial charge on any atom is -0.462 e. The zero-order valence-electron chi connectivity index (χ0n) is 22.4. The molecule has 4 aliphatic rings. The van der Waals surface area contributed by atoms with E-state index in [4.69, 9.17) is 16.3 Å². The molecule has 4 aliphatic carbocycles. The van der Waals surface area contributed by atoms with E-state index >= 15 is 0 Å². The van der Waals surface area contributed by atoms with Crippen molar-refractivity contribution in [3.05, 3.63) is 11.6 Å². The minimum atomic E-state index is -0.0562. The molecule has 2 nitrogen and oxygen atoms in total. The van der Waals surface area contributed by atoms with E-state index in [0.717, 1.165) is 42.9 Å². The molecule has 34 heavy (non-hydrogen) atoms. The molecule has 0 saturated heterocycles. The van der Waals surface area contributed by atoms with Gasteiger partial charge in [-0.05, 0) is 92.3 Å². The topological polar surface area (TPSA) is 26.3 Å². The molecule has 3 saturated carbocycles. The molecule has 0 aliphatic heterocycles. The van der Waals surface area contributed by atoms with E-state index in [-0.39, 0.29) is 12.1 Å². The van der Waals surface area contributed by atoms with Gasteiger partial charge in [0.15, 0.2) is 0 Å². The second-order valence-electron chi connectivity index (χ2n) is 12.8. The molecular formula is C31H51ClO2. The number of hydrogen-bond donors (Lipinski definition) is 0. The van der Waals surface area contributed by atoms with E-state index in [1.807, 2.05) is 0 Å². The van der Waals surface area contributed by atoms with E-state index < -0.39 is 0 Å². The Hall–Kier alpha value is -0.500. The fraction of sp³-hybridized carbons (Fsp3) is 0.903. The summed E-state index contributed by atoms with van der Waals surface area (Å²) in [5.74, 6) is 4.09. The highest BCUT2D eigenvalue weighted by Gasteiger charge is 2.58. The molecule has 0 spiro atoms. The number of fused-ring (bicyclic) bond motifs is 5. The third-order valence-electron chi connectivity index (χ3n) is 11.0. The molecule has 0 bridgehead atoms. The van der Waals surface area contributed by atoms with Crippen LogP contribution in [-0.2, 0) is 9.53 Å². The van der Waals surface area contributed by atoms with Gasteiger partial charge in [-0.2, -0.15) is 0 Å². The van der Waals surface area contributed by atoms with E-state index in [2.05, 4.69) is 26.8 Å². The van der Waals surface area contributed by atoms with Gasteiger partial charge in [0.2, 0.25) is 0 Å². The molecule has 0 radical (unpaired) electrons. The monoisotopic (exact) mass is 490 g/mol. The Morgan fingerprint density at radius 2 is 1.79 bits per heavy atom. The van der Waals surface area contributed by atoms with Crippen molar-refractivity contribution in [2.24, 2.45) is 34.5 Å². The summed E-state index contributed by atoms with van der Waals surface area (Å²) in [5.41, 5.74) is 2.53. The molecule has 7 atom stereocenters. The Labute approximate surface area is 215 Å². The molecule has 3 heteroatoms. The first-order valence-corrected chi connectivity index (χ1v) is 15.4. The first kappa shape index (κ1) is 26.6. The van der Waals surface area contributed by atoms with Gasteiger partial charge in [0.25, 0.3) is 0 Å². The molecule has 0 amide bonds. The Kier molecular flexibility index (Phi) is 9.14. The van der Waals surface area contributed by atoms with Crippen LogP contribution in [0.5, 0.6) is 0 Å². The standard InChI is InChI=1S/C31H51ClO2/c1-4-5-6-7-8-9-11-23-14-16-27-26-15-13-24-22-25(34-29(33)12-10-21-32)17-19-31(24,3)28(26)18-20-30(23,27)2/h13,23,25-28H,4-12,14-22H2,1-3H3. The van der Waals surface area contributed by atoms with Crippen molar-refractivity contribution in [3.63, 3.8) is 0 Å². The van der Waals surface area contributed by atoms with Crippen molar-refractivity contribution in [2.75, 3.05) is 5.88 Å². The number of alkyl halides is 1. The highest BCUT2D eigenvalue weighted by molar-refractivity contribution is 6.17. The third-order valence-corrected chi connectivity index (χ3v) is 11.2. The molecule has 0 heterocycles. The molecule has 194 valence electrons. The van der Waals surface area contributed by atoms with Crippen LogP contribution in [0.1, 0.15) is 130 Å². The largest absolute Gasteiger partial charge is 0.462 e. The number of rotatable bonds is 11. The van der Waals surface area contributed by atoms with Crippen LogP contribution in [0.15, 0.2) is 11.6 Å². The average molecular weight is 491 g/mol. The van der Waals surface area contributed by atoms with Gasteiger partial charge in [-0.15, -0.1) is 11.6 Å². The lowest BCUT2D eigenvalue weighted by molar-refractivity contribution is -0.151. The van der Waals surface area contributed by atoms with Crippen molar-refractivity contribution >= 4 is 17.6 Å². The van der Waals surface area contributed by atoms with Gasteiger partial charge in [-0.3, -0.25) is 4.79 Å². The molecule has 0 N–H and O–H groups in total. The highest BCUT2D eigenvalue weighted by Crippen LogP contribution is 2.66. The van der Waals surface area contributed by atoms with Crippen LogP contribution in [0.3, 0.4) is 0 Å². The average Bonchev–Trinajstić information content (AvgIpc) is 3.16. The zero-order chi connectivity index (χ0) is 24.2. The van der Waals surface area contributed by atoms with Crippen LogP contribution >= 0.6 is 11.6 Å².